The Labute approximate surface area is 107 Å². The average Bonchev–Trinajstić information content (AvgIpc) is 2.42. The maximum Gasteiger partial charge on any atom is 0.0867 e. The van der Waals surface area contributed by atoms with E-state index in [1.165, 1.54) is 0 Å². The molecule has 0 spiro atoms. The van der Waals surface area contributed by atoms with Gasteiger partial charge in [-0.05, 0) is 11.1 Å². The van der Waals surface area contributed by atoms with Crippen LogP contribution in [0.3, 0.4) is 0 Å². The molecule has 93 valence electrons. The van der Waals surface area contributed by atoms with Crippen LogP contribution in [-0.2, 0) is 11.8 Å². The van der Waals surface area contributed by atoms with Gasteiger partial charge in [-0.25, -0.2) is 0 Å². The van der Waals surface area contributed by atoms with Crippen LogP contribution >= 0.6 is 0 Å². The van der Waals surface area contributed by atoms with E-state index in [9.17, 15) is 10.3 Å². The summed E-state index contributed by atoms with van der Waals surface area (Å²) in [6, 6.07) is 18.4. The van der Waals surface area contributed by atoms with Gasteiger partial charge in [-0.15, -0.1) is 10.3 Å². The van der Waals surface area contributed by atoms with Gasteiger partial charge in [-0.2, -0.15) is 0 Å². The number of rotatable bonds is 5. The summed E-state index contributed by atoms with van der Waals surface area (Å²) in [6.07, 6.45) is 0. The molecule has 3 heteroatoms. The molecule has 0 amide bonds. The summed E-state index contributed by atoms with van der Waals surface area (Å²) in [7, 11) is 0. The van der Waals surface area contributed by atoms with E-state index in [1.807, 2.05) is 60.7 Å². The Balaban J connectivity index is 2.09. The molecular weight excluding hydrogens is 226 g/mol. The molecule has 0 saturated carbocycles. The number of hydrogen-bond donors (Lipinski definition) is 1. The van der Waals surface area contributed by atoms with Crippen LogP contribution in [0.25, 0.3) is 0 Å². The Morgan fingerprint density at radius 2 is 1.50 bits per heavy atom. The van der Waals surface area contributed by atoms with Crippen molar-refractivity contribution in [3.8, 4) is 0 Å². The van der Waals surface area contributed by atoms with E-state index >= 15 is 0 Å². The van der Waals surface area contributed by atoms with E-state index in [0.717, 1.165) is 16.2 Å². The highest BCUT2D eigenvalue weighted by Gasteiger charge is 2.19. The number of nitrogens with zero attached hydrogens (tertiary/aromatic N) is 1. The highest BCUT2D eigenvalue weighted by Crippen LogP contribution is 2.20. The van der Waals surface area contributed by atoms with Gasteiger partial charge in [0.05, 0.1) is 19.2 Å². The third kappa shape index (κ3) is 3.17. The van der Waals surface area contributed by atoms with E-state index in [1.54, 1.807) is 0 Å². The molecule has 0 aliphatic heterocycles. The van der Waals surface area contributed by atoms with Crippen molar-refractivity contribution in [3.05, 3.63) is 71.8 Å². The molecule has 0 unspecified atom stereocenters. The van der Waals surface area contributed by atoms with Crippen molar-refractivity contribution in [2.75, 3.05) is 6.61 Å². The summed E-state index contributed by atoms with van der Waals surface area (Å²) in [5, 5.41) is 22.4. The second-order valence-electron chi connectivity index (χ2n) is 4.17. The zero-order chi connectivity index (χ0) is 12.8. The van der Waals surface area contributed by atoms with Crippen LogP contribution in [0.4, 0.5) is 0 Å². The molecule has 3 nitrogen and oxygen atoms in total. The fourth-order valence-corrected chi connectivity index (χ4v) is 1.91. The van der Waals surface area contributed by atoms with Crippen LogP contribution < -0.4 is 0 Å². The first-order chi connectivity index (χ1) is 8.81. The van der Waals surface area contributed by atoms with E-state index in [4.69, 9.17) is 0 Å². The quantitative estimate of drug-likeness (QED) is 0.819. The topological polar surface area (TPSA) is 43.4 Å². The first kappa shape index (κ1) is 12.8. The largest absolute Gasteiger partial charge is 0.394 e. The Hall–Kier alpha value is -1.68. The fourth-order valence-electron chi connectivity index (χ4n) is 1.91. The van der Waals surface area contributed by atoms with E-state index in [0.29, 0.717) is 0 Å². The zero-order valence-corrected chi connectivity index (χ0v) is 10.1. The van der Waals surface area contributed by atoms with Crippen molar-refractivity contribution in [1.29, 1.82) is 0 Å². The van der Waals surface area contributed by atoms with Crippen LogP contribution in [-0.4, -0.2) is 16.8 Å². The molecule has 0 aliphatic carbocycles. The van der Waals surface area contributed by atoms with Crippen LogP contribution in [0.1, 0.15) is 17.2 Å². The van der Waals surface area contributed by atoms with Crippen molar-refractivity contribution in [1.82, 2.24) is 5.06 Å². The van der Waals surface area contributed by atoms with Crippen LogP contribution in [0.5, 0.6) is 0 Å². The van der Waals surface area contributed by atoms with Crippen molar-refractivity contribution in [3.63, 3.8) is 0 Å². The normalized spacial score (nSPS) is 12.6. The van der Waals surface area contributed by atoms with Crippen LogP contribution in [0.15, 0.2) is 60.7 Å². The predicted molar refractivity (Wildman–Crippen MR) is 68.9 cm³/mol. The molecular formula is C15H16NO2. The molecule has 2 aromatic carbocycles. The number of aliphatic hydroxyl groups is 1. The third-order valence-corrected chi connectivity index (χ3v) is 2.89. The lowest BCUT2D eigenvalue weighted by Crippen LogP contribution is -2.26. The number of benzene rings is 2. The van der Waals surface area contributed by atoms with Gasteiger partial charge in [0.25, 0.3) is 0 Å². The van der Waals surface area contributed by atoms with Gasteiger partial charge in [0, 0.05) is 0 Å². The summed E-state index contributed by atoms with van der Waals surface area (Å²) in [6.45, 7) is 0.0985. The van der Waals surface area contributed by atoms with Gasteiger partial charge in [0.15, 0.2) is 0 Å². The number of hydrogen-bond acceptors (Lipinski definition) is 2. The molecule has 0 fully saturated rings. The minimum absolute atomic E-state index is 0.180. The second-order valence-corrected chi connectivity index (χ2v) is 4.17. The van der Waals surface area contributed by atoms with Crippen LogP contribution in [0.2, 0.25) is 0 Å². The van der Waals surface area contributed by atoms with E-state index in [-0.39, 0.29) is 13.2 Å². The first-order valence-corrected chi connectivity index (χ1v) is 5.95. The number of hydroxylamine groups is 2. The molecule has 1 N–H and O–H groups in total. The SMILES string of the molecule is [O]N(Cc1ccccc1)[C@H](CO)c1ccccc1. The fraction of sp³-hybridized carbons (Fsp3) is 0.200. The molecule has 1 atom stereocenters. The predicted octanol–water partition coefficient (Wildman–Crippen LogP) is 2.57. The van der Waals surface area contributed by atoms with Crippen molar-refractivity contribution in [2.24, 2.45) is 0 Å². The molecule has 0 aliphatic rings. The Bertz CT molecular complexity index is 458. The zero-order valence-electron chi connectivity index (χ0n) is 10.1. The molecule has 0 aromatic heterocycles. The van der Waals surface area contributed by atoms with E-state index < -0.39 is 6.04 Å². The average molecular weight is 242 g/mol. The second kappa shape index (κ2) is 6.31. The summed E-state index contributed by atoms with van der Waals surface area (Å²) in [4.78, 5) is 0. The van der Waals surface area contributed by atoms with Crippen LogP contribution in [0, 0.1) is 0 Å². The lowest BCUT2D eigenvalue weighted by atomic mass is 10.1. The molecule has 0 saturated heterocycles. The van der Waals surface area contributed by atoms with E-state index in [2.05, 4.69) is 0 Å². The lowest BCUT2D eigenvalue weighted by Gasteiger charge is -2.22. The Morgan fingerprint density at radius 3 is 2.06 bits per heavy atom. The maximum absolute atomic E-state index is 12.1. The summed E-state index contributed by atoms with van der Waals surface area (Å²) < 4.78 is 0. The van der Waals surface area contributed by atoms with Crippen molar-refractivity contribution < 1.29 is 10.3 Å². The molecule has 1 radical (unpaired) electrons. The smallest absolute Gasteiger partial charge is 0.0867 e. The summed E-state index contributed by atoms with van der Waals surface area (Å²) in [5.41, 5.74) is 1.79. The van der Waals surface area contributed by atoms with Gasteiger partial charge in [-0.1, -0.05) is 60.7 Å². The monoisotopic (exact) mass is 242 g/mol. The number of aliphatic hydroxyl groups excluding tert-OH is 1. The molecule has 18 heavy (non-hydrogen) atoms. The van der Waals surface area contributed by atoms with Gasteiger partial charge in [0.1, 0.15) is 0 Å². The summed E-state index contributed by atoms with van der Waals surface area (Å²) in [5.74, 6) is 0. The van der Waals surface area contributed by atoms with Gasteiger partial charge < -0.3 is 5.11 Å². The minimum atomic E-state index is -0.508. The molecule has 2 aromatic rings. The Morgan fingerprint density at radius 1 is 0.944 bits per heavy atom. The van der Waals surface area contributed by atoms with Crippen molar-refractivity contribution >= 4 is 0 Å². The van der Waals surface area contributed by atoms with Gasteiger partial charge in [-0.3, -0.25) is 0 Å². The standard InChI is InChI=1S/C15H16NO2/c17-12-15(14-9-5-2-6-10-14)16(18)11-13-7-3-1-4-8-13/h1-10,15,17H,11-12H2/t15-/m1/s1. The highest BCUT2D eigenvalue weighted by molar-refractivity contribution is 5.20. The first-order valence-electron chi connectivity index (χ1n) is 5.95. The lowest BCUT2D eigenvalue weighted by molar-refractivity contribution is -0.204. The molecule has 2 rings (SSSR count). The highest BCUT2D eigenvalue weighted by atomic mass is 16.5. The van der Waals surface area contributed by atoms with Gasteiger partial charge >= 0.3 is 0 Å². The molecule has 0 bridgehead atoms. The summed E-state index contributed by atoms with van der Waals surface area (Å²) >= 11 is 0. The Kier molecular flexibility index (Phi) is 4.47. The minimum Gasteiger partial charge on any atom is -0.394 e. The maximum atomic E-state index is 12.1. The van der Waals surface area contributed by atoms with Crippen molar-refractivity contribution in [2.45, 2.75) is 12.6 Å². The third-order valence-electron chi connectivity index (χ3n) is 2.89. The molecule has 0 heterocycles. The van der Waals surface area contributed by atoms with Gasteiger partial charge in [0.2, 0.25) is 0 Å².